The van der Waals surface area contributed by atoms with Crippen molar-refractivity contribution in [3.63, 3.8) is 0 Å². The van der Waals surface area contributed by atoms with Crippen LogP contribution in [0.4, 0.5) is 0 Å². The summed E-state index contributed by atoms with van der Waals surface area (Å²) in [4.78, 5) is 30.3. The van der Waals surface area contributed by atoms with Gasteiger partial charge in [-0.05, 0) is 83.8 Å². The number of ether oxygens (including phenoxy) is 1. The first-order chi connectivity index (χ1) is 24.6. The Balaban J connectivity index is 0.000000712. The standard InChI is InChI=1S/C28H45N5O3.C11H16ClNO.C2H6/c1-8-10-23(29)32-22(16-30-15-18(2)3)28(6)25(34)21(17-33(28)7)31-26(35)19-11-9-12-20-24(19)36-14-13-27(20,4)5;1-4-6-9(11(14)13-3)7-8-10(12)5-2;1-2/h9,11-12,15,21-22,25,30,34H,8,10,13-14,16-17H2,1-7H3,(H2,29,32)(H,31,35);5-8H,4H2,1-3H3,(H,13,14);1-2H3/p+1/b;8-7-,9-6-,10-5+;/t21?,22?,25?,28-;;/m0../s1. The predicted octanol–water partition coefficient (Wildman–Crippen LogP) is 4.82. The normalized spacial score (nSPS) is 22.1. The highest BCUT2D eigenvalue weighted by Gasteiger charge is 2.54. The smallest absolute Gasteiger partial charge is 0.255 e. The average Bonchev–Trinajstić information content (AvgIpc) is 3.33. The fraction of sp³-hybridized carbons (Fsp3) is 0.585. The Morgan fingerprint density at radius 1 is 1.19 bits per heavy atom. The highest BCUT2D eigenvalue weighted by molar-refractivity contribution is 6.31. The van der Waals surface area contributed by atoms with Crippen LogP contribution in [0.2, 0.25) is 0 Å². The third kappa shape index (κ3) is 12.8. The number of hydrogen-bond donors (Lipinski definition) is 6. The Hall–Kier alpha value is -3.60. The van der Waals surface area contributed by atoms with Gasteiger partial charge < -0.3 is 25.8 Å². The van der Waals surface area contributed by atoms with E-state index in [0.717, 1.165) is 36.8 Å². The van der Waals surface area contributed by atoms with Crippen LogP contribution in [0, 0.1) is 0 Å². The van der Waals surface area contributed by atoms with Crippen LogP contribution in [-0.2, 0) is 10.2 Å². The van der Waals surface area contributed by atoms with Gasteiger partial charge in [0.15, 0.2) is 0 Å². The third-order valence-corrected chi connectivity index (χ3v) is 9.80. The topological polar surface area (TPSA) is 143 Å². The van der Waals surface area contributed by atoms with Crippen molar-refractivity contribution in [2.45, 2.75) is 124 Å². The minimum Gasteiger partial charge on any atom is -0.492 e. The number of amidine groups is 1. The van der Waals surface area contributed by atoms with E-state index < -0.39 is 17.7 Å². The van der Waals surface area contributed by atoms with E-state index >= 15 is 0 Å². The van der Waals surface area contributed by atoms with E-state index in [-0.39, 0.29) is 23.3 Å². The first kappa shape index (κ1) is 46.4. The highest BCUT2D eigenvalue weighted by Crippen LogP contribution is 2.40. The predicted molar refractivity (Wildman–Crippen MR) is 217 cm³/mol. The average molecular weight is 744 g/mol. The van der Waals surface area contributed by atoms with Gasteiger partial charge in [0.05, 0.1) is 36.4 Å². The molecule has 1 aromatic rings. The van der Waals surface area contributed by atoms with Gasteiger partial charge in [-0.15, -0.1) is 0 Å². The first-order valence-corrected chi connectivity index (χ1v) is 19.1. The molecule has 10 nitrogen and oxygen atoms in total. The summed E-state index contributed by atoms with van der Waals surface area (Å²) >= 11 is 5.77. The van der Waals surface area contributed by atoms with Crippen molar-refractivity contribution in [1.29, 1.82) is 0 Å². The summed E-state index contributed by atoms with van der Waals surface area (Å²) in [5.41, 5.74) is 8.92. The van der Waals surface area contributed by atoms with E-state index in [1.165, 1.54) is 0 Å². The van der Waals surface area contributed by atoms with Gasteiger partial charge in [-0.1, -0.05) is 83.0 Å². The monoisotopic (exact) mass is 743 g/mol. The maximum absolute atomic E-state index is 13.4. The van der Waals surface area contributed by atoms with Crippen molar-refractivity contribution in [2.24, 2.45) is 5.73 Å². The molecule has 292 valence electrons. The maximum Gasteiger partial charge on any atom is 0.255 e. The number of amides is 2. The summed E-state index contributed by atoms with van der Waals surface area (Å²) in [6.07, 6.45) is 11.6. The number of likely N-dealkylation sites (N-methyl/N-ethyl adjacent to an activating group) is 2. The number of likely N-dealkylation sites (tertiary alicyclic amines) is 1. The maximum atomic E-state index is 13.4. The van der Waals surface area contributed by atoms with Crippen molar-refractivity contribution < 1.29 is 24.4 Å². The SMILES string of the molecule is CC.CCCC(N)=[NH+]C(CNC=C(C)C)[C@@]1(C)C(O)C(NC(=O)c2cccc3c2OCCC3(C)C)CN1C.C\C=C(Cl)/C=C\C(=C\CC)C(=O)NC. The number of benzene rings is 1. The number of fused-ring (bicyclic) bond motifs is 1. The van der Waals surface area contributed by atoms with Crippen molar-refractivity contribution in [3.05, 3.63) is 76.0 Å². The zero-order valence-corrected chi connectivity index (χ0v) is 34.6. The lowest BCUT2D eigenvalue weighted by molar-refractivity contribution is -0.523. The second-order valence-electron chi connectivity index (χ2n) is 14.1. The lowest BCUT2D eigenvalue weighted by Gasteiger charge is -2.39. The molecule has 0 aromatic heterocycles. The molecule has 4 atom stereocenters. The molecular weight excluding hydrogens is 676 g/mol. The molecule has 2 aliphatic heterocycles. The molecule has 1 aromatic carbocycles. The molecule has 2 heterocycles. The summed E-state index contributed by atoms with van der Waals surface area (Å²) in [6.45, 7) is 22.0. The molecule has 0 spiro atoms. The summed E-state index contributed by atoms with van der Waals surface area (Å²) in [5.74, 6) is 1.04. The summed E-state index contributed by atoms with van der Waals surface area (Å²) < 4.78 is 5.96. The number of hydrogen-bond acceptors (Lipinski definition) is 6. The number of carbonyl (C=O) groups excluding carboxylic acids is 2. The van der Waals surface area contributed by atoms with Gasteiger partial charge in [-0.25, -0.2) is 0 Å². The van der Waals surface area contributed by atoms with Gasteiger partial charge in [0.2, 0.25) is 5.84 Å². The molecule has 1 saturated heterocycles. The van der Waals surface area contributed by atoms with Crippen molar-refractivity contribution in [1.82, 2.24) is 20.9 Å². The third-order valence-electron chi connectivity index (χ3n) is 9.46. The Morgan fingerprint density at radius 2 is 1.87 bits per heavy atom. The van der Waals surface area contributed by atoms with E-state index in [4.69, 9.17) is 22.1 Å². The molecular formula is C41H68ClN6O4+. The lowest BCUT2D eigenvalue weighted by Crippen LogP contribution is -2.90. The number of nitrogens with two attached hydrogens (primary N) is 1. The van der Waals surface area contributed by atoms with Crippen molar-refractivity contribution in [3.8, 4) is 5.75 Å². The number of halogens is 1. The van der Waals surface area contributed by atoms with Gasteiger partial charge in [0, 0.05) is 36.2 Å². The summed E-state index contributed by atoms with van der Waals surface area (Å²) in [6, 6.07) is 5.11. The second kappa shape index (κ2) is 22.5. The van der Waals surface area contributed by atoms with Crippen LogP contribution in [0.3, 0.4) is 0 Å². The molecule has 1 fully saturated rings. The molecule has 0 bridgehead atoms. The van der Waals surface area contributed by atoms with Crippen LogP contribution in [0.5, 0.6) is 5.75 Å². The minimum absolute atomic E-state index is 0.0539. The van der Waals surface area contributed by atoms with E-state index in [0.29, 0.717) is 47.5 Å². The molecule has 52 heavy (non-hydrogen) atoms. The quantitative estimate of drug-likeness (QED) is 0.0737. The summed E-state index contributed by atoms with van der Waals surface area (Å²) in [5, 5.41) is 21.3. The second-order valence-corrected chi connectivity index (χ2v) is 14.5. The number of carbonyl (C=O) groups is 2. The van der Waals surface area contributed by atoms with Gasteiger partial charge in [-0.3, -0.25) is 25.2 Å². The van der Waals surface area contributed by atoms with Gasteiger partial charge >= 0.3 is 0 Å². The number of rotatable bonds is 13. The van der Waals surface area contributed by atoms with Crippen molar-refractivity contribution in [2.75, 3.05) is 33.8 Å². The van der Waals surface area contributed by atoms with Crippen LogP contribution < -0.4 is 31.4 Å². The van der Waals surface area contributed by atoms with Crippen LogP contribution >= 0.6 is 11.6 Å². The number of aliphatic hydroxyl groups excluding tert-OH is 1. The number of nitrogens with one attached hydrogen (secondary N) is 4. The van der Waals surface area contributed by atoms with E-state index in [1.807, 2.05) is 79.9 Å². The molecule has 2 aliphatic rings. The Labute approximate surface area is 319 Å². The molecule has 0 aliphatic carbocycles. The fourth-order valence-electron chi connectivity index (χ4n) is 6.23. The summed E-state index contributed by atoms with van der Waals surface area (Å²) in [7, 11) is 3.59. The molecule has 3 rings (SSSR count). The van der Waals surface area contributed by atoms with Crippen LogP contribution in [0.15, 0.2) is 64.9 Å². The molecule has 7 N–H and O–H groups in total. The van der Waals surface area contributed by atoms with E-state index in [9.17, 15) is 14.7 Å². The van der Waals surface area contributed by atoms with Gasteiger partial charge in [-0.2, -0.15) is 0 Å². The van der Waals surface area contributed by atoms with Gasteiger partial charge in [0.25, 0.3) is 11.8 Å². The Morgan fingerprint density at radius 3 is 2.44 bits per heavy atom. The zero-order valence-electron chi connectivity index (χ0n) is 33.9. The molecule has 0 saturated carbocycles. The molecule has 11 heteroatoms. The Bertz CT molecular complexity index is 1460. The largest absolute Gasteiger partial charge is 0.492 e. The minimum atomic E-state index is -0.816. The lowest BCUT2D eigenvalue weighted by atomic mass is 9.79. The van der Waals surface area contributed by atoms with E-state index in [1.54, 1.807) is 31.3 Å². The van der Waals surface area contributed by atoms with E-state index in [2.05, 4.69) is 46.6 Å². The first-order valence-electron chi connectivity index (χ1n) is 18.7. The highest BCUT2D eigenvalue weighted by atomic mass is 35.5. The van der Waals surface area contributed by atoms with Crippen molar-refractivity contribution >= 4 is 29.3 Å². The molecule has 3 unspecified atom stereocenters. The zero-order chi connectivity index (χ0) is 39.6. The molecule has 0 radical (unpaired) electrons. The molecule has 2 amide bonds. The van der Waals surface area contributed by atoms with Crippen LogP contribution in [0.25, 0.3) is 0 Å². The van der Waals surface area contributed by atoms with Crippen LogP contribution in [-0.4, -0.2) is 85.2 Å². The number of para-hydroxylation sites is 1. The van der Waals surface area contributed by atoms with Gasteiger partial charge in [0.1, 0.15) is 11.8 Å². The Kier molecular flexibility index (Phi) is 20.1. The number of allylic oxidation sites excluding steroid dienone is 5. The fourth-order valence-corrected chi connectivity index (χ4v) is 6.29. The van der Waals surface area contributed by atoms with Crippen LogP contribution in [0.1, 0.15) is 111 Å². The number of aliphatic hydroxyl groups is 1. The number of nitrogens with zero attached hydrogens (tertiary/aromatic N) is 1.